The number of imidazole rings is 1. The maximum absolute atomic E-state index is 6.29. The molecule has 0 saturated heterocycles. The summed E-state index contributed by atoms with van der Waals surface area (Å²) >= 11 is 6.29. The van der Waals surface area contributed by atoms with Crippen LogP contribution in [-0.2, 0) is 22.6 Å². The summed E-state index contributed by atoms with van der Waals surface area (Å²) in [5, 5.41) is 9.43. The van der Waals surface area contributed by atoms with E-state index >= 15 is 0 Å². The van der Waals surface area contributed by atoms with Gasteiger partial charge in [-0.05, 0) is 32.0 Å². The number of nitrogens with zero attached hydrogens (tertiary/aromatic N) is 6. The van der Waals surface area contributed by atoms with E-state index < -0.39 is 0 Å². The number of aromatic nitrogens is 5. The van der Waals surface area contributed by atoms with Gasteiger partial charge in [-0.2, -0.15) is 0 Å². The van der Waals surface area contributed by atoms with Gasteiger partial charge in [0.1, 0.15) is 25.2 Å². The van der Waals surface area contributed by atoms with Gasteiger partial charge in [0.2, 0.25) is 5.90 Å². The summed E-state index contributed by atoms with van der Waals surface area (Å²) in [6.45, 7) is 6.08. The summed E-state index contributed by atoms with van der Waals surface area (Å²) in [6.07, 6.45) is 1.80. The van der Waals surface area contributed by atoms with Gasteiger partial charge in [0.25, 0.3) is 0 Å². The molecule has 8 nitrogen and oxygen atoms in total. The topological polar surface area (TPSA) is 79.3 Å². The van der Waals surface area contributed by atoms with E-state index in [1.165, 1.54) is 0 Å². The van der Waals surface area contributed by atoms with Gasteiger partial charge >= 0.3 is 0 Å². The molecule has 2 aliphatic heterocycles. The van der Waals surface area contributed by atoms with E-state index in [1.54, 1.807) is 6.33 Å². The lowest BCUT2D eigenvalue weighted by molar-refractivity contribution is 0.125. The predicted molar refractivity (Wildman–Crippen MR) is 104 cm³/mol. The Balaban J connectivity index is 1.72. The van der Waals surface area contributed by atoms with Gasteiger partial charge in [0.05, 0.1) is 24.0 Å². The number of benzene rings is 1. The van der Waals surface area contributed by atoms with Gasteiger partial charge in [0, 0.05) is 17.2 Å². The molecule has 0 spiro atoms. The number of hydrogen-bond acceptors (Lipinski definition) is 6. The zero-order valence-electron chi connectivity index (χ0n) is 15.6. The molecule has 5 rings (SSSR count). The molecule has 0 aliphatic carbocycles. The van der Waals surface area contributed by atoms with Crippen molar-refractivity contribution in [3.05, 3.63) is 46.8 Å². The van der Waals surface area contributed by atoms with Crippen LogP contribution in [0, 0.1) is 0 Å². The highest BCUT2D eigenvalue weighted by Gasteiger charge is 2.29. The van der Waals surface area contributed by atoms with Crippen LogP contribution in [0.5, 0.6) is 0 Å². The summed E-state index contributed by atoms with van der Waals surface area (Å²) in [5.74, 6) is 2.09. The van der Waals surface area contributed by atoms with Crippen molar-refractivity contribution < 1.29 is 9.47 Å². The lowest BCUT2D eigenvalue weighted by atomic mass is 10.1. The number of fused-ring (bicyclic) bond motifs is 5. The normalized spacial score (nSPS) is 17.4. The van der Waals surface area contributed by atoms with Gasteiger partial charge in [-0.25, -0.2) is 9.98 Å². The molecule has 0 fully saturated rings. The fraction of sp³-hybridized carbons (Fsp3) is 0.368. The lowest BCUT2D eigenvalue weighted by Gasteiger charge is -2.10. The van der Waals surface area contributed by atoms with Crippen LogP contribution in [0.4, 0.5) is 0 Å². The Kier molecular flexibility index (Phi) is 4.17. The van der Waals surface area contributed by atoms with Crippen molar-refractivity contribution in [2.45, 2.75) is 33.0 Å². The number of halogens is 1. The minimum atomic E-state index is 0.128. The van der Waals surface area contributed by atoms with Crippen LogP contribution in [-0.4, -0.2) is 49.5 Å². The van der Waals surface area contributed by atoms with Crippen LogP contribution in [0.3, 0.4) is 0 Å². The maximum Gasteiger partial charge on any atom is 0.237 e. The number of rotatable bonds is 4. The van der Waals surface area contributed by atoms with E-state index in [0.29, 0.717) is 37.3 Å². The quantitative estimate of drug-likeness (QED) is 0.528. The van der Waals surface area contributed by atoms with Crippen molar-refractivity contribution in [2.75, 3.05) is 13.2 Å². The van der Waals surface area contributed by atoms with Crippen LogP contribution in [0.1, 0.15) is 31.1 Å². The molecule has 1 aromatic carbocycles. The van der Waals surface area contributed by atoms with Gasteiger partial charge in [-0.15, -0.1) is 10.2 Å². The molecular weight excluding hydrogens is 380 g/mol. The smallest absolute Gasteiger partial charge is 0.237 e. The summed E-state index contributed by atoms with van der Waals surface area (Å²) in [5.41, 5.74) is 3.55. The Morgan fingerprint density at radius 1 is 1.32 bits per heavy atom. The molecule has 2 aliphatic rings. The third-order valence-corrected chi connectivity index (χ3v) is 5.13. The Labute approximate surface area is 166 Å². The van der Waals surface area contributed by atoms with Crippen molar-refractivity contribution in [3.8, 4) is 17.1 Å². The Morgan fingerprint density at radius 2 is 2.21 bits per heavy atom. The highest BCUT2D eigenvalue weighted by Crippen LogP contribution is 2.34. The average Bonchev–Trinajstić information content (AvgIpc) is 3.38. The molecule has 4 heterocycles. The highest BCUT2D eigenvalue weighted by atomic mass is 35.5. The molecule has 0 saturated carbocycles. The van der Waals surface area contributed by atoms with Crippen LogP contribution < -0.4 is 0 Å². The standard InChI is InChI=1S/C19H19ClN6O2/c1-3-27-9-16-23-24-18-13-6-12(20)4-5-14(13)26-10-21-17(15(26)7-25(16)18)19-22-11(2)8-28-19/h4-6,10-11H,3,7-9H2,1-2H3/t11-/m0/s1. The Hall–Kier alpha value is -2.71. The third kappa shape index (κ3) is 2.71. The molecule has 144 valence electrons. The van der Waals surface area contributed by atoms with Crippen molar-refractivity contribution in [1.29, 1.82) is 0 Å². The lowest BCUT2D eigenvalue weighted by Crippen LogP contribution is -2.13. The first-order valence-electron chi connectivity index (χ1n) is 9.23. The summed E-state index contributed by atoms with van der Waals surface area (Å²) < 4.78 is 15.5. The molecule has 28 heavy (non-hydrogen) atoms. The molecule has 1 atom stereocenters. The summed E-state index contributed by atoms with van der Waals surface area (Å²) in [4.78, 5) is 9.20. The molecule has 9 heteroatoms. The number of hydrogen-bond donors (Lipinski definition) is 0. The van der Waals surface area contributed by atoms with Crippen LogP contribution >= 0.6 is 11.6 Å². The second kappa shape index (κ2) is 6.72. The van der Waals surface area contributed by atoms with E-state index in [9.17, 15) is 0 Å². The van der Waals surface area contributed by atoms with Crippen LogP contribution in [0.2, 0.25) is 5.02 Å². The van der Waals surface area contributed by atoms with E-state index in [2.05, 4.69) is 24.7 Å². The highest BCUT2D eigenvalue weighted by molar-refractivity contribution is 6.31. The van der Waals surface area contributed by atoms with E-state index in [-0.39, 0.29) is 6.04 Å². The van der Waals surface area contributed by atoms with Crippen LogP contribution in [0.15, 0.2) is 29.5 Å². The van der Waals surface area contributed by atoms with E-state index in [4.69, 9.17) is 21.1 Å². The van der Waals surface area contributed by atoms with Gasteiger partial charge in [0.15, 0.2) is 11.6 Å². The Morgan fingerprint density at radius 3 is 3.00 bits per heavy atom. The minimum Gasteiger partial charge on any atom is -0.474 e. The molecule has 0 amide bonds. The maximum atomic E-state index is 6.29. The van der Waals surface area contributed by atoms with Crippen molar-refractivity contribution in [2.24, 2.45) is 4.99 Å². The van der Waals surface area contributed by atoms with Crippen molar-refractivity contribution in [3.63, 3.8) is 0 Å². The van der Waals surface area contributed by atoms with Gasteiger partial charge in [-0.1, -0.05) is 11.6 Å². The first-order chi connectivity index (χ1) is 13.7. The second-order valence-corrected chi connectivity index (χ2v) is 7.27. The average molecular weight is 399 g/mol. The second-order valence-electron chi connectivity index (χ2n) is 6.83. The summed E-state index contributed by atoms with van der Waals surface area (Å²) in [7, 11) is 0. The zero-order chi connectivity index (χ0) is 19.3. The van der Waals surface area contributed by atoms with E-state index in [0.717, 1.165) is 34.3 Å². The number of aliphatic imine (C=N–C) groups is 1. The van der Waals surface area contributed by atoms with Crippen LogP contribution in [0.25, 0.3) is 17.1 Å². The Bertz CT molecular complexity index is 1090. The SMILES string of the molecule is CCOCc1nnc2n1Cc1c(C3=N[C@@H](C)CO3)ncn1-c1ccc(Cl)cc1-2. The molecule has 3 aromatic rings. The third-order valence-electron chi connectivity index (χ3n) is 4.90. The fourth-order valence-electron chi connectivity index (χ4n) is 3.56. The zero-order valence-corrected chi connectivity index (χ0v) is 16.3. The monoisotopic (exact) mass is 398 g/mol. The molecular formula is C19H19ClN6O2. The minimum absolute atomic E-state index is 0.128. The molecule has 0 bridgehead atoms. The summed E-state index contributed by atoms with van der Waals surface area (Å²) in [6, 6.07) is 5.87. The van der Waals surface area contributed by atoms with E-state index in [1.807, 2.05) is 36.6 Å². The van der Waals surface area contributed by atoms with Gasteiger partial charge in [-0.3, -0.25) is 4.57 Å². The van der Waals surface area contributed by atoms with Crippen molar-refractivity contribution >= 4 is 17.5 Å². The first-order valence-corrected chi connectivity index (χ1v) is 9.60. The van der Waals surface area contributed by atoms with Crippen molar-refractivity contribution in [1.82, 2.24) is 24.3 Å². The molecule has 0 N–H and O–H groups in total. The predicted octanol–water partition coefficient (Wildman–Crippen LogP) is 2.85. The molecule has 0 radical (unpaired) electrons. The number of ether oxygens (including phenoxy) is 2. The fourth-order valence-corrected chi connectivity index (χ4v) is 3.73. The largest absolute Gasteiger partial charge is 0.474 e. The molecule has 0 unspecified atom stereocenters. The van der Waals surface area contributed by atoms with Gasteiger partial charge < -0.3 is 14.0 Å². The first kappa shape index (κ1) is 17.4. The molecule has 2 aromatic heterocycles.